The Bertz CT molecular complexity index is 1970. The number of hydrogen-bond acceptors (Lipinski definition) is 8. The van der Waals surface area contributed by atoms with Crippen LogP contribution in [0.25, 0.3) is 11.5 Å². The molecule has 57 heavy (non-hydrogen) atoms. The standard InChI is InChI=1S/C46H66FN5O5/c1-27(2)36-31(53)24-46(39-50-49-38(52(39)23-22-51(10)11)30-14-12-28(47)26-48-30)21-20-44(8)29(37(36)46)13-15-33-43(7)18-17-34(57-35(54)25-41(3,4)40(55)56)42(5,6)32(43)16-19-45(33,44)9/h12,14,26-27,29,32-34H,13,15-25H2,1-11H3,(H,55,56)/t29-,32+,33-,34+,43+,44-,45-,46-/m1/s1. The summed E-state index contributed by atoms with van der Waals surface area (Å²) in [6, 6.07) is 3.08. The van der Waals surface area contributed by atoms with Crippen molar-refractivity contribution in [2.24, 2.45) is 50.7 Å². The number of Topliss-reactive ketones (excluding diaryl/α,β-unsaturated/α-hetero) is 1. The summed E-state index contributed by atoms with van der Waals surface area (Å²) in [6.45, 7) is 21.0. The van der Waals surface area contributed by atoms with Crippen molar-refractivity contribution in [3.8, 4) is 11.5 Å². The van der Waals surface area contributed by atoms with E-state index in [4.69, 9.17) is 14.9 Å². The maximum atomic E-state index is 14.5. The van der Waals surface area contributed by atoms with Gasteiger partial charge in [-0.3, -0.25) is 14.4 Å². The zero-order valence-corrected chi connectivity index (χ0v) is 36.3. The first kappa shape index (κ1) is 41.7. The minimum absolute atomic E-state index is 0.0148. The van der Waals surface area contributed by atoms with E-state index in [1.165, 1.54) is 17.8 Å². The minimum Gasteiger partial charge on any atom is -0.481 e. The van der Waals surface area contributed by atoms with E-state index in [-0.39, 0.29) is 51.8 Å². The molecule has 312 valence electrons. The molecular weight excluding hydrogens is 722 g/mol. The molecule has 4 saturated carbocycles. The lowest BCUT2D eigenvalue weighted by atomic mass is 9.33. The molecule has 0 amide bonds. The molecule has 11 heteroatoms. The fourth-order valence-electron chi connectivity index (χ4n) is 13.6. The summed E-state index contributed by atoms with van der Waals surface area (Å²) >= 11 is 0. The minimum atomic E-state index is -1.18. The second kappa shape index (κ2) is 14.1. The van der Waals surface area contributed by atoms with Crippen LogP contribution in [-0.4, -0.2) is 74.2 Å². The Hall–Kier alpha value is -3.47. The highest BCUT2D eigenvalue weighted by atomic mass is 19.1. The van der Waals surface area contributed by atoms with Crippen molar-refractivity contribution in [2.45, 2.75) is 145 Å². The average Bonchev–Trinajstić information content (AvgIpc) is 3.68. The Labute approximate surface area is 338 Å². The van der Waals surface area contributed by atoms with Crippen molar-refractivity contribution in [3.05, 3.63) is 41.1 Å². The van der Waals surface area contributed by atoms with E-state index in [1.807, 2.05) is 14.1 Å². The smallest absolute Gasteiger partial charge is 0.309 e. The number of ether oxygens (including phenoxy) is 1. The lowest BCUT2D eigenvalue weighted by molar-refractivity contribution is -0.232. The summed E-state index contributed by atoms with van der Waals surface area (Å²) in [4.78, 5) is 46.0. The summed E-state index contributed by atoms with van der Waals surface area (Å²) in [5.74, 6) is 0.947. The number of rotatable bonds is 10. The number of esters is 1. The van der Waals surface area contributed by atoms with Crippen molar-refractivity contribution in [1.82, 2.24) is 24.6 Å². The maximum Gasteiger partial charge on any atom is 0.309 e. The van der Waals surface area contributed by atoms with Crippen LogP contribution in [0.2, 0.25) is 0 Å². The average molecular weight is 788 g/mol. The van der Waals surface area contributed by atoms with Gasteiger partial charge in [-0.15, -0.1) is 10.2 Å². The van der Waals surface area contributed by atoms with Crippen molar-refractivity contribution < 1.29 is 28.6 Å². The summed E-state index contributed by atoms with van der Waals surface area (Å²) in [7, 11) is 4.09. The topological polar surface area (TPSA) is 128 Å². The molecule has 0 aromatic carbocycles. The number of carbonyl (C=O) groups excluding carboxylic acids is 2. The normalized spacial score (nSPS) is 34.8. The van der Waals surface area contributed by atoms with Crippen molar-refractivity contribution in [2.75, 3.05) is 20.6 Å². The predicted molar refractivity (Wildman–Crippen MR) is 216 cm³/mol. The number of carbonyl (C=O) groups is 3. The highest BCUT2D eigenvalue weighted by Crippen LogP contribution is 2.76. The number of likely N-dealkylation sites (N-methyl/N-ethyl adjacent to an activating group) is 1. The molecule has 0 unspecified atom stereocenters. The number of ketones is 1. The number of fused-ring (bicyclic) bond motifs is 7. The van der Waals surface area contributed by atoms with Crippen molar-refractivity contribution >= 4 is 17.7 Å². The molecule has 7 rings (SSSR count). The summed E-state index contributed by atoms with van der Waals surface area (Å²) in [5, 5.41) is 19.4. The maximum absolute atomic E-state index is 14.5. The van der Waals surface area contributed by atoms with E-state index >= 15 is 0 Å². The molecular formula is C46H66FN5O5. The summed E-state index contributed by atoms with van der Waals surface area (Å²) in [5.41, 5.74) is 0.845. The predicted octanol–water partition coefficient (Wildman–Crippen LogP) is 8.69. The first-order valence-electron chi connectivity index (χ1n) is 21.4. The van der Waals surface area contributed by atoms with Gasteiger partial charge in [0, 0.05) is 24.9 Å². The van der Waals surface area contributed by atoms with Crippen LogP contribution in [0.1, 0.15) is 132 Å². The van der Waals surface area contributed by atoms with E-state index in [1.54, 1.807) is 19.9 Å². The fraction of sp³-hybridized carbons (Fsp3) is 0.739. The summed E-state index contributed by atoms with van der Waals surface area (Å²) < 4.78 is 22.4. The number of aromatic nitrogens is 4. The van der Waals surface area contributed by atoms with Crippen LogP contribution >= 0.6 is 0 Å². The van der Waals surface area contributed by atoms with Gasteiger partial charge in [-0.05, 0) is 143 Å². The Morgan fingerprint density at radius 1 is 0.982 bits per heavy atom. The molecule has 2 heterocycles. The summed E-state index contributed by atoms with van der Waals surface area (Å²) in [6.07, 6.45) is 8.88. The third kappa shape index (κ3) is 6.33. The van der Waals surface area contributed by atoms with Crippen LogP contribution in [0.3, 0.4) is 0 Å². The van der Waals surface area contributed by atoms with E-state index in [0.717, 1.165) is 69.3 Å². The van der Waals surface area contributed by atoms with Gasteiger partial charge in [0.25, 0.3) is 0 Å². The van der Waals surface area contributed by atoms with Gasteiger partial charge in [-0.2, -0.15) is 0 Å². The lowest BCUT2D eigenvalue weighted by Gasteiger charge is -2.72. The quantitative estimate of drug-likeness (QED) is 0.235. The Morgan fingerprint density at radius 2 is 1.70 bits per heavy atom. The number of carboxylic acids is 1. The van der Waals surface area contributed by atoms with Gasteiger partial charge in [0.2, 0.25) is 0 Å². The third-order valence-corrected chi connectivity index (χ3v) is 16.7. The molecule has 2 aromatic rings. The Kier molecular flexibility index (Phi) is 10.3. The van der Waals surface area contributed by atoms with Crippen LogP contribution in [0.15, 0.2) is 29.5 Å². The number of aliphatic carboxylic acids is 1. The number of pyridine rings is 1. The van der Waals surface area contributed by atoms with Crippen LogP contribution in [0.5, 0.6) is 0 Å². The highest BCUT2D eigenvalue weighted by molar-refractivity contribution is 6.01. The molecule has 0 spiro atoms. The largest absolute Gasteiger partial charge is 0.481 e. The number of allylic oxidation sites excluding steroid dienone is 2. The van der Waals surface area contributed by atoms with Gasteiger partial charge in [-0.25, -0.2) is 9.37 Å². The van der Waals surface area contributed by atoms with Gasteiger partial charge in [-0.1, -0.05) is 48.5 Å². The van der Waals surface area contributed by atoms with Gasteiger partial charge in [0.05, 0.1) is 23.4 Å². The SMILES string of the molecule is CC(C)C1=C2[C@H]3CC[C@@H]4[C@@]5(C)CC[C@H](OC(=O)CC(C)(C)C(=O)O)C(C)(C)[C@@H]5CC[C@@]4(C)[C@]3(C)CC[C@@]2(c2nnc(-c3ccc(F)cn3)n2CCN(C)C)CC1=O. The van der Waals surface area contributed by atoms with Gasteiger partial charge in [0.1, 0.15) is 23.4 Å². The number of carboxylic acid groups (broad SMARTS) is 1. The number of hydrogen-bond donors (Lipinski definition) is 1. The third-order valence-electron chi connectivity index (χ3n) is 16.7. The van der Waals surface area contributed by atoms with Crippen LogP contribution < -0.4 is 0 Å². The highest BCUT2D eigenvalue weighted by Gasteiger charge is 2.71. The van der Waals surface area contributed by atoms with E-state index in [9.17, 15) is 23.9 Å². The molecule has 1 N–H and O–H groups in total. The van der Waals surface area contributed by atoms with Crippen LogP contribution in [0.4, 0.5) is 4.39 Å². The van der Waals surface area contributed by atoms with Crippen molar-refractivity contribution in [3.63, 3.8) is 0 Å². The zero-order chi connectivity index (χ0) is 41.7. The molecule has 10 nitrogen and oxygen atoms in total. The molecule has 0 radical (unpaired) electrons. The van der Waals surface area contributed by atoms with E-state index < -0.39 is 28.6 Å². The Morgan fingerprint density at radius 3 is 2.33 bits per heavy atom. The lowest BCUT2D eigenvalue weighted by Crippen LogP contribution is -2.66. The Balaban J connectivity index is 1.25. The number of halogens is 1. The van der Waals surface area contributed by atoms with Gasteiger partial charge < -0.3 is 19.3 Å². The van der Waals surface area contributed by atoms with E-state index in [0.29, 0.717) is 36.3 Å². The number of nitrogens with zero attached hydrogens (tertiary/aromatic N) is 5. The molecule has 4 fully saturated rings. The molecule has 5 aliphatic rings. The van der Waals surface area contributed by atoms with Gasteiger partial charge >= 0.3 is 11.9 Å². The fourth-order valence-corrected chi connectivity index (χ4v) is 13.6. The molecule has 0 aliphatic heterocycles. The van der Waals surface area contributed by atoms with Gasteiger partial charge in [0.15, 0.2) is 11.6 Å². The second-order valence-electron chi connectivity index (χ2n) is 21.1. The molecule has 0 saturated heterocycles. The first-order chi connectivity index (χ1) is 26.5. The first-order valence-corrected chi connectivity index (χ1v) is 21.4. The molecule has 2 aromatic heterocycles. The molecule has 8 atom stereocenters. The molecule has 5 aliphatic carbocycles. The molecule has 0 bridgehead atoms. The second-order valence-corrected chi connectivity index (χ2v) is 21.1. The van der Waals surface area contributed by atoms with Crippen LogP contribution in [-0.2, 0) is 31.1 Å². The van der Waals surface area contributed by atoms with Crippen molar-refractivity contribution in [1.29, 1.82) is 0 Å². The monoisotopic (exact) mass is 788 g/mol. The zero-order valence-electron chi connectivity index (χ0n) is 36.3. The van der Waals surface area contributed by atoms with Crippen LogP contribution in [0, 0.1) is 56.6 Å². The van der Waals surface area contributed by atoms with E-state index in [2.05, 4.69) is 62.9 Å².